The summed E-state index contributed by atoms with van der Waals surface area (Å²) >= 11 is 0. The summed E-state index contributed by atoms with van der Waals surface area (Å²) in [6, 6.07) is 0. The molecule has 0 amide bonds. The van der Waals surface area contributed by atoms with Crippen molar-refractivity contribution in [2.75, 3.05) is 7.11 Å². The van der Waals surface area contributed by atoms with Gasteiger partial charge in [0.2, 0.25) is 5.88 Å². The number of aromatic nitrogens is 2. The van der Waals surface area contributed by atoms with E-state index in [1.54, 1.807) is 19.5 Å². The average molecular weight is 182 g/mol. The van der Waals surface area contributed by atoms with Gasteiger partial charge in [-0.2, -0.15) is 0 Å². The maximum absolute atomic E-state index is 9.37. The molecule has 4 nitrogen and oxygen atoms in total. The van der Waals surface area contributed by atoms with Crippen molar-refractivity contribution in [2.24, 2.45) is 0 Å². The number of ether oxygens (including phenoxy) is 1. The summed E-state index contributed by atoms with van der Waals surface area (Å²) in [7, 11) is 1.55. The predicted molar refractivity (Wildman–Crippen MR) is 48.6 cm³/mol. The molecule has 0 aliphatic heterocycles. The molecule has 0 saturated carbocycles. The minimum Gasteiger partial charge on any atom is -0.480 e. The molecule has 1 N–H and O–H groups in total. The van der Waals surface area contributed by atoms with Gasteiger partial charge in [-0.15, -0.1) is 0 Å². The van der Waals surface area contributed by atoms with Gasteiger partial charge in [0, 0.05) is 12.6 Å². The molecule has 1 heterocycles. The van der Waals surface area contributed by atoms with Gasteiger partial charge < -0.3 is 9.84 Å². The standard InChI is InChI=1S/C9H14N2O2/c1-3-8(12)4-7-5-10-6-9(11-7)13-2/h5-6,8,12H,3-4H2,1-2H3. The van der Waals surface area contributed by atoms with E-state index in [0.29, 0.717) is 12.3 Å². The molecule has 1 aromatic rings. The Bertz CT molecular complexity index is 266. The van der Waals surface area contributed by atoms with Crippen LogP contribution in [-0.2, 0) is 6.42 Å². The van der Waals surface area contributed by atoms with E-state index in [1.807, 2.05) is 6.92 Å². The first-order valence-electron chi connectivity index (χ1n) is 4.29. The first-order valence-corrected chi connectivity index (χ1v) is 4.29. The summed E-state index contributed by atoms with van der Waals surface area (Å²) in [6.07, 6.45) is 4.09. The van der Waals surface area contributed by atoms with Crippen LogP contribution < -0.4 is 4.74 Å². The summed E-state index contributed by atoms with van der Waals surface area (Å²) in [5, 5.41) is 9.37. The number of methoxy groups -OCH3 is 1. The zero-order valence-corrected chi connectivity index (χ0v) is 7.90. The van der Waals surface area contributed by atoms with Gasteiger partial charge in [-0.05, 0) is 6.42 Å². The Balaban J connectivity index is 2.66. The van der Waals surface area contributed by atoms with Crippen LogP contribution in [-0.4, -0.2) is 28.3 Å². The minimum atomic E-state index is -0.346. The van der Waals surface area contributed by atoms with Crippen molar-refractivity contribution >= 4 is 0 Å². The Morgan fingerprint density at radius 1 is 1.54 bits per heavy atom. The number of hydrogen-bond donors (Lipinski definition) is 1. The SMILES string of the molecule is CCC(O)Cc1cncc(OC)n1. The maximum atomic E-state index is 9.37. The van der Waals surface area contributed by atoms with E-state index < -0.39 is 0 Å². The van der Waals surface area contributed by atoms with Gasteiger partial charge in [0.25, 0.3) is 0 Å². The van der Waals surface area contributed by atoms with E-state index in [1.165, 1.54) is 0 Å². The van der Waals surface area contributed by atoms with Crippen LogP contribution in [0.5, 0.6) is 5.88 Å². The lowest BCUT2D eigenvalue weighted by Crippen LogP contribution is -2.10. The van der Waals surface area contributed by atoms with Crippen LogP contribution in [0.1, 0.15) is 19.0 Å². The minimum absolute atomic E-state index is 0.346. The van der Waals surface area contributed by atoms with Gasteiger partial charge in [0.05, 0.1) is 25.1 Å². The second-order valence-electron chi connectivity index (χ2n) is 2.82. The molecule has 0 saturated heterocycles. The number of aliphatic hydroxyl groups excluding tert-OH is 1. The third kappa shape index (κ3) is 2.99. The first kappa shape index (κ1) is 9.92. The van der Waals surface area contributed by atoms with Gasteiger partial charge in [0.1, 0.15) is 0 Å². The molecule has 13 heavy (non-hydrogen) atoms. The molecule has 0 aliphatic rings. The highest BCUT2D eigenvalue weighted by Crippen LogP contribution is 2.07. The lowest BCUT2D eigenvalue weighted by atomic mass is 10.1. The Kier molecular flexibility index (Phi) is 3.64. The first-order chi connectivity index (χ1) is 6.26. The molecular formula is C9H14N2O2. The van der Waals surface area contributed by atoms with Crippen LogP contribution in [0.25, 0.3) is 0 Å². The summed E-state index contributed by atoms with van der Waals surface area (Å²) in [6.45, 7) is 1.93. The van der Waals surface area contributed by atoms with Crippen molar-refractivity contribution in [3.8, 4) is 5.88 Å². The summed E-state index contributed by atoms with van der Waals surface area (Å²) in [5.41, 5.74) is 0.758. The molecule has 0 aromatic carbocycles. The number of aliphatic hydroxyl groups is 1. The molecule has 1 atom stereocenters. The molecule has 1 aromatic heterocycles. The van der Waals surface area contributed by atoms with Gasteiger partial charge in [-0.25, -0.2) is 4.98 Å². The zero-order valence-electron chi connectivity index (χ0n) is 7.90. The maximum Gasteiger partial charge on any atom is 0.232 e. The Morgan fingerprint density at radius 2 is 2.31 bits per heavy atom. The van der Waals surface area contributed by atoms with E-state index in [9.17, 15) is 5.11 Å². The highest BCUT2D eigenvalue weighted by atomic mass is 16.5. The van der Waals surface area contributed by atoms with E-state index in [-0.39, 0.29) is 6.10 Å². The second-order valence-corrected chi connectivity index (χ2v) is 2.82. The Morgan fingerprint density at radius 3 is 2.92 bits per heavy atom. The topological polar surface area (TPSA) is 55.2 Å². The molecule has 0 aliphatic carbocycles. The summed E-state index contributed by atoms with van der Waals surface area (Å²) in [5.74, 6) is 0.487. The molecule has 72 valence electrons. The van der Waals surface area contributed by atoms with Gasteiger partial charge in [-0.3, -0.25) is 4.98 Å². The average Bonchev–Trinajstić information content (AvgIpc) is 2.18. The number of hydrogen-bond acceptors (Lipinski definition) is 4. The van der Waals surface area contributed by atoms with Crippen molar-refractivity contribution < 1.29 is 9.84 Å². The highest BCUT2D eigenvalue weighted by Gasteiger charge is 2.05. The van der Waals surface area contributed by atoms with Crippen LogP contribution >= 0.6 is 0 Å². The van der Waals surface area contributed by atoms with Crippen LogP contribution in [0.3, 0.4) is 0 Å². The van der Waals surface area contributed by atoms with Crippen LogP contribution in [0, 0.1) is 0 Å². The number of rotatable bonds is 4. The molecule has 4 heteroatoms. The van der Waals surface area contributed by atoms with Crippen LogP contribution in [0.2, 0.25) is 0 Å². The molecule has 0 radical (unpaired) electrons. The van der Waals surface area contributed by atoms with E-state index in [2.05, 4.69) is 9.97 Å². The second kappa shape index (κ2) is 4.77. The molecule has 1 unspecified atom stereocenters. The van der Waals surface area contributed by atoms with Crippen molar-refractivity contribution in [3.63, 3.8) is 0 Å². The quantitative estimate of drug-likeness (QED) is 0.748. The lowest BCUT2D eigenvalue weighted by Gasteiger charge is -2.06. The van der Waals surface area contributed by atoms with Crippen molar-refractivity contribution in [2.45, 2.75) is 25.9 Å². The number of nitrogens with zero attached hydrogens (tertiary/aromatic N) is 2. The van der Waals surface area contributed by atoms with Gasteiger partial charge in [-0.1, -0.05) is 6.92 Å². The summed E-state index contributed by atoms with van der Waals surface area (Å²) < 4.78 is 4.91. The predicted octanol–water partition coefficient (Wildman–Crippen LogP) is 0.799. The van der Waals surface area contributed by atoms with E-state index >= 15 is 0 Å². The molecular weight excluding hydrogens is 168 g/mol. The Labute approximate surface area is 77.6 Å². The lowest BCUT2D eigenvalue weighted by molar-refractivity contribution is 0.169. The molecule has 0 spiro atoms. The van der Waals surface area contributed by atoms with E-state index in [0.717, 1.165) is 12.1 Å². The monoisotopic (exact) mass is 182 g/mol. The largest absolute Gasteiger partial charge is 0.480 e. The van der Waals surface area contributed by atoms with Crippen molar-refractivity contribution in [1.82, 2.24) is 9.97 Å². The normalized spacial score (nSPS) is 12.5. The van der Waals surface area contributed by atoms with Gasteiger partial charge >= 0.3 is 0 Å². The van der Waals surface area contributed by atoms with Gasteiger partial charge in [0.15, 0.2) is 0 Å². The molecule has 0 bridgehead atoms. The van der Waals surface area contributed by atoms with Crippen molar-refractivity contribution in [3.05, 3.63) is 18.1 Å². The molecule has 1 rings (SSSR count). The zero-order chi connectivity index (χ0) is 9.68. The Hall–Kier alpha value is -1.16. The third-order valence-corrected chi connectivity index (χ3v) is 1.79. The van der Waals surface area contributed by atoms with Crippen LogP contribution in [0.15, 0.2) is 12.4 Å². The third-order valence-electron chi connectivity index (χ3n) is 1.79. The fourth-order valence-corrected chi connectivity index (χ4v) is 0.969. The fraction of sp³-hybridized carbons (Fsp3) is 0.556. The highest BCUT2D eigenvalue weighted by molar-refractivity contribution is 5.08. The molecule has 0 fully saturated rings. The van der Waals surface area contributed by atoms with E-state index in [4.69, 9.17) is 4.74 Å². The fourth-order valence-electron chi connectivity index (χ4n) is 0.969. The van der Waals surface area contributed by atoms with Crippen molar-refractivity contribution in [1.29, 1.82) is 0 Å². The summed E-state index contributed by atoms with van der Waals surface area (Å²) in [4.78, 5) is 8.08. The van der Waals surface area contributed by atoms with Crippen LogP contribution in [0.4, 0.5) is 0 Å². The smallest absolute Gasteiger partial charge is 0.232 e.